The summed E-state index contributed by atoms with van der Waals surface area (Å²) in [4.78, 5) is 23.6. The van der Waals surface area contributed by atoms with Gasteiger partial charge in [0.15, 0.2) is 0 Å². The van der Waals surface area contributed by atoms with Gasteiger partial charge in [0.25, 0.3) is 0 Å². The molecule has 3 aromatic rings. The van der Waals surface area contributed by atoms with Crippen LogP contribution in [0.25, 0.3) is 22.2 Å². The lowest BCUT2D eigenvalue weighted by atomic mass is 9.83. The first-order chi connectivity index (χ1) is 14.6. The monoisotopic (exact) mass is 426 g/mol. The molecule has 1 fully saturated rings. The highest BCUT2D eigenvalue weighted by molar-refractivity contribution is 5.98. The number of nitriles is 1. The van der Waals surface area contributed by atoms with Gasteiger partial charge in [0.05, 0.1) is 29.4 Å². The van der Waals surface area contributed by atoms with Crippen molar-refractivity contribution >= 4 is 22.6 Å². The summed E-state index contributed by atoms with van der Waals surface area (Å²) in [5.41, 5.74) is 1.59. The number of halogens is 2. The molecule has 0 radical (unpaired) electrons. The minimum atomic E-state index is -3.27. The van der Waals surface area contributed by atoms with E-state index in [1.807, 2.05) is 0 Å². The molecule has 1 saturated carbocycles. The summed E-state index contributed by atoms with van der Waals surface area (Å²) in [6.45, 7) is 2.10. The highest BCUT2D eigenvalue weighted by Crippen LogP contribution is 2.36. The Morgan fingerprint density at radius 1 is 1.35 bits per heavy atom. The number of ether oxygens (including phenoxy) is 1. The molecule has 31 heavy (non-hydrogen) atoms. The van der Waals surface area contributed by atoms with Gasteiger partial charge < -0.3 is 14.6 Å². The average molecular weight is 426 g/mol. The smallest absolute Gasteiger partial charge is 0.303 e. The van der Waals surface area contributed by atoms with E-state index in [0.717, 1.165) is 12.4 Å². The molecule has 4 rings (SSSR count). The van der Waals surface area contributed by atoms with E-state index in [0.29, 0.717) is 29.6 Å². The first-order valence-corrected chi connectivity index (χ1v) is 9.70. The molecule has 1 aliphatic carbocycles. The van der Waals surface area contributed by atoms with Crippen molar-refractivity contribution in [2.75, 3.05) is 5.32 Å². The number of aryl methyl sites for hydroxylation is 1. The maximum atomic E-state index is 14.1. The Morgan fingerprint density at radius 3 is 2.74 bits per heavy atom. The van der Waals surface area contributed by atoms with Crippen LogP contribution >= 0.6 is 0 Å². The third kappa shape index (κ3) is 4.17. The van der Waals surface area contributed by atoms with Crippen molar-refractivity contribution in [3.8, 4) is 23.2 Å². The molecule has 8 nitrogen and oxygen atoms in total. The molecule has 0 aliphatic heterocycles. The van der Waals surface area contributed by atoms with Crippen molar-refractivity contribution in [3.05, 3.63) is 30.4 Å². The number of pyridine rings is 1. The standard InChI is InChI=1S/C21H20F2N6O2/c1-11(30)26-18-6-14-15(10-29(3)17(14)9-25-18)16-7-19(28-20(27-16)21(2,22)23)31-13-4-12(5-13)8-24/h6-7,9-10,12-13H,4-5H2,1-3H3,(H,25,26,30). The van der Waals surface area contributed by atoms with Crippen molar-refractivity contribution in [1.29, 1.82) is 5.26 Å². The fraction of sp³-hybridized carbons (Fsp3) is 0.381. The van der Waals surface area contributed by atoms with Gasteiger partial charge in [-0.15, -0.1) is 0 Å². The van der Waals surface area contributed by atoms with Crippen LogP contribution in [-0.2, 0) is 17.8 Å². The van der Waals surface area contributed by atoms with E-state index >= 15 is 0 Å². The fourth-order valence-electron chi connectivity index (χ4n) is 3.49. The third-order valence-corrected chi connectivity index (χ3v) is 5.12. The van der Waals surface area contributed by atoms with Gasteiger partial charge in [0.1, 0.15) is 11.9 Å². The summed E-state index contributed by atoms with van der Waals surface area (Å²) < 4.78 is 35.8. The average Bonchev–Trinajstić information content (AvgIpc) is 2.99. The Kier molecular flexibility index (Phi) is 5.05. The number of carbonyl (C=O) groups is 1. The van der Waals surface area contributed by atoms with Crippen LogP contribution in [0.1, 0.15) is 32.5 Å². The topological polar surface area (TPSA) is 106 Å². The van der Waals surface area contributed by atoms with Crippen LogP contribution in [0.4, 0.5) is 14.6 Å². The lowest BCUT2D eigenvalue weighted by molar-refractivity contribution is -0.114. The number of hydrogen-bond donors (Lipinski definition) is 1. The second kappa shape index (κ2) is 7.58. The van der Waals surface area contributed by atoms with Crippen LogP contribution in [0, 0.1) is 17.2 Å². The normalized spacial score (nSPS) is 18.3. The molecule has 1 amide bonds. The number of hydrogen-bond acceptors (Lipinski definition) is 6. The van der Waals surface area contributed by atoms with E-state index in [2.05, 4.69) is 26.3 Å². The van der Waals surface area contributed by atoms with E-state index in [1.54, 1.807) is 30.1 Å². The van der Waals surface area contributed by atoms with Gasteiger partial charge in [0.2, 0.25) is 17.6 Å². The summed E-state index contributed by atoms with van der Waals surface area (Å²) in [5, 5.41) is 12.2. The first-order valence-electron chi connectivity index (χ1n) is 9.70. The Bertz CT molecular complexity index is 1210. The second-order valence-electron chi connectivity index (χ2n) is 7.76. The molecule has 0 aromatic carbocycles. The summed E-state index contributed by atoms with van der Waals surface area (Å²) >= 11 is 0. The van der Waals surface area contributed by atoms with Gasteiger partial charge in [-0.3, -0.25) is 4.79 Å². The fourth-order valence-corrected chi connectivity index (χ4v) is 3.49. The number of fused-ring (bicyclic) bond motifs is 1. The Balaban J connectivity index is 1.79. The molecule has 0 saturated heterocycles. The van der Waals surface area contributed by atoms with Crippen molar-refractivity contribution in [3.63, 3.8) is 0 Å². The van der Waals surface area contributed by atoms with Crippen molar-refractivity contribution < 1.29 is 18.3 Å². The quantitative estimate of drug-likeness (QED) is 0.666. The largest absolute Gasteiger partial charge is 0.474 e. The second-order valence-corrected chi connectivity index (χ2v) is 7.76. The number of amides is 1. The van der Waals surface area contributed by atoms with Crippen LogP contribution < -0.4 is 10.1 Å². The van der Waals surface area contributed by atoms with E-state index in [-0.39, 0.29) is 29.5 Å². The molecule has 0 atom stereocenters. The van der Waals surface area contributed by atoms with Gasteiger partial charge in [-0.2, -0.15) is 19.0 Å². The first kappa shape index (κ1) is 20.7. The lowest BCUT2D eigenvalue weighted by Gasteiger charge is -2.30. The molecule has 10 heteroatoms. The van der Waals surface area contributed by atoms with Gasteiger partial charge in [-0.1, -0.05) is 0 Å². The van der Waals surface area contributed by atoms with E-state index < -0.39 is 11.7 Å². The number of anilines is 1. The highest BCUT2D eigenvalue weighted by atomic mass is 19.3. The minimum Gasteiger partial charge on any atom is -0.474 e. The summed E-state index contributed by atoms with van der Waals surface area (Å²) in [7, 11) is 1.80. The van der Waals surface area contributed by atoms with Crippen molar-refractivity contribution in [2.24, 2.45) is 13.0 Å². The Labute approximate surface area is 176 Å². The predicted octanol–water partition coefficient (Wildman–Crippen LogP) is 3.78. The molecular weight excluding hydrogens is 406 g/mol. The van der Waals surface area contributed by atoms with Gasteiger partial charge in [0, 0.05) is 56.9 Å². The Hall–Kier alpha value is -3.61. The number of nitrogens with one attached hydrogen (secondary N) is 1. The van der Waals surface area contributed by atoms with Crippen LogP contribution in [0.2, 0.25) is 0 Å². The molecule has 1 N–H and O–H groups in total. The Morgan fingerprint density at radius 2 is 2.10 bits per heavy atom. The highest BCUT2D eigenvalue weighted by Gasteiger charge is 2.33. The summed E-state index contributed by atoms with van der Waals surface area (Å²) in [5.74, 6) is -3.89. The van der Waals surface area contributed by atoms with Crippen molar-refractivity contribution in [2.45, 2.75) is 38.7 Å². The minimum absolute atomic E-state index is 0.0380. The van der Waals surface area contributed by atoms with Gasteiger partial charge in [-0.05, 0) is 6.07 Å². The number of nitrogens with zero attached hydrogens (tertiary/aromatic N) is 5. The molecule has 160 valence electrons. The zero-order valence-electron chi connectivity index (χ0n) is 17.2. The SMILES string of the molecule is CC(=O)Nc1cc2c(-c3cc(OC4CC(C#N)C4)nc(C(C)(F)F)n3)cn(C)c2cn1. The van der Waals surface area contributed by atoms with Crippen molar-refractivity contribution in [1.82, 2.24) is 19.5 Å². The molecule has 0 unspecified atom stereocenters. The van der Waals surface area contributed by atoms with Crippen LogP contribution in [0.3, 0.4) is 0 Å². The zero-order valence-corrected chi connectivity index (χ0v) is 17.2. The number of carbonyl (C=O) groups excluding carboxylic acids is 1. The number of aromatic nitrogens is 4. The van der Waals surface area contributed by atoms with E-state index in [9.17, 15) is 13.6 Å². The maximum Gasteiger partial charge on any atom is 0.303 e. The molecule has 3 aromatic heterocycles. The van der Waals surface area contributed by atoms with E-state index in [1.165, 1.54) is 13.0 Å². The lowest BCUT2D eigenvalue weighted by Crippen LogP contribution is -2.33. The molecule has 0 spiro atoms. The van der Waals surface area contributed by atoms with E-state index in [4.69, 9.17) is 10.00 Å². The predicted molar refractivity (Wildman–Crippen MR) is 108 cm³/mol. The van der Waals surface area contributed by atoms with Crippen LogP contribution in [0.15, 0.2) is 24.5 Å². The summed E-state index contributed by atoms with van der Waals surface area (Å²) in [6.07, 6.45) is 4.17. The maximum absolute atomic E-state index is 14.1. The zero-order chi connectivity index (χ0) is 22.3. The number of rotatable bonds is 5. The third-order valence-electron chi connectivity index (χ3n) is 5.12. The molecule has 0 bridgehead atoms. The number of alkyl halides is 2. The molecule has 3 heterocycles. The molecule has 1 aliphatic rings. The van der Waals surface area contributed by atoms with Gasteiger partial charge in [-0.25, -0.2) is 9.97 Å². The van der Waals surface area contributed by atoms with Gasteiger partial charge >= 0.3 is 5.92 Å². The summed E-state index contributed by atoms with van der Waals surface area (Å²) in [6, 6.07) is 5.34. The molecular formula is C21H20F2N6O2. The van der Waals surface area contributed by atoms with Crippen LogP contribution in [0.5, 0.6) is 5.88 Å². The van der Waals surface area contributed by atoms with Crippen LogP contribution in [-0.4, -0.2) is 31.5 Å².